The summed E-state index contributed by atoms with van der Waals surface area (Å²) in [6.07, 6.45) is 7.35. The molecule has 1 aromatic heterocycles. The maximum absolute atomic E-state index is 12.5. The molecule has 1 aliphatic heterocycles. The molecule has 1 fully saturated rings. The molecule has 0 saturated carbocycles. The minimum atomic E-state index is -0.0187. The summed E-state index contributed by atoms with van der Waals surface area (Å²) < 4.78 is 5.88. The van der Waals surface area contributed by atoms with E-state index in [9.17, 15) is 4.79 Å². The van der Waals surface area contributed by atoms with Crippen LogP contribution in [0.5, 0.6) is 11.5 Å². The first-order chi connectivity index (χ1) is 13.7. The number of likely N-dealkylation sites (tertiary alicyclic amines) is 1. The Balaban J connectivity index is 1.51. The molecule has 4 nitrogen and oxygen atoms in total. The third kappa shape index (κ3) is 3.86. The van der Waals surface area contributed by atoms with Crippen molar-refractivity contribution in [2.45, 2.75) is 24.8 Å². The lowest BCUT2D eigenvalue weighted by atomic mass is 9.86. The van der Waals surface area contributed by atoms with Crippen LogP contribution in [-0.4, -0.2) is 22.3 Å². The zero-order valence-electron chi connectivity index (χ0n) is 15.8. The Kier molecular flexibility index (Phi) is 5.29. The topological polar surface area (TPSA) is 45.3 Å². The number of benzene rings is 2. The fraction of sp³-hybridized carbons (Fsp3) is 0.208. The van der Waals surface area contributed by atoms with E-state index in [1.807, 2.05) is 59.8 Å². The largest absolute Gasteiger partial charge is 0.457 e. The number of carbonyl (C=O) groups is 1. The van der Waals surface area contributed by atoms with Gasteiger partial charge < -0.3 is 14.6 Å². The molecule has 3 aromatic rings. The van der Waals surface area contributed by atoms with Gasteiger partial charge in [0.1, 0.15) is 11.5 Å². The number of para-hydroxylation sites is 1. The van der Waals surface area contributed by atoms with Crippen LogP contribution >= 0.6 is 0 Å². The molecular weight excluding hydrogens is 348 g/mol. The zero-order valence-corrected chi connectivity index (χ0v) is 15.8. The monoisotopic (exact) mass is 372 g/mol. The van der Waals surface area contributed by atoms with Gasteiger partial charge in [-0.3, -0.25) is 4.79 Å². The van der Waals surface area contributed by atoms with Gasteiger partial charge in [-0.15, -0.1) is 0 Å². The number of rotatable bonds is 5. The first-order valence-corrected chi connectivity index (χ1v) is 9.63. The summed E-state index contributed by atoms with van der Waals surface area (Å²) in [6, 6.07) is 19.9. The highest BCUT2D eigenvalue weighted by molar-refractivity contribution is 5.87. The summed E-state index contributed by atoms with van der Waals surface area (Å²) in [6.45, 7) is 4.40. The minimum Gasteiger partial charge on any atom is -0.457 e. The second-order valence-corrected chi connectivity index (χ2v) is 7.11. The molecule has 1 N–H and O–H groups in total. The Labute approximate surface area is 165 Å². The van der Waals surface area contributed by atoms with E-state index >= 15 is 0 Å². The van der Waals surface area contributed by atoms with Crippen LogP contribution in [0.25, 0.3) is 0 Å². The maximum Gasteiger partial charge on any atom is 0.246 e. The molecule has 2 heterocycles. The van der Waals surface area contributed by atoms with Gasteiger partial charge in [0.25, 0.3) is 0 Å². The highest BCUT2D eigenvalue weighted by Crippen LogP contribution is 2.38. The van der Waals surface area contributed by atoms with E-state index in [1.54, 1.807) is 0 Å². The smallest absolute Gasteiger partial charge is 0.246 e. The van der Waals surface area contributed by atoms with Gasteiger partial charge in [-0.2, -0.15) is 0 Å². The minimum absolute atomic E-state index is 0.0187. The van der Waals surface area contributed by atoms with Crippen LogP contribution in [0.3, 0.4) is 0 Å². The van der Waals surface area contributed by atoms with Crippen molar-refractivity contribution >= 4 is 5.91 Å². The van der Waals surface area contributed by atoms with Gasteiger partial charge in [-0.05, 0) is 60.4 Å². The number of piperidine rings is 1. The second-order valence-electron chi connectivity index (χ2n) is 7.11. The van der Waals surface area contributed by atoms with Crippen LogP contribution in [0.1, 0.15) is 35.9 Å². The van der Waals surface area contributed by atoms with Crippen LogP contribution in [0, 0.1) is 0 Å². The molecule has 28 heavy (non-hydrogen) atoms. The predicted octanol–water partition coefficient (Wildman–Crippen LogP) is 5.44. The number of H-pyrrole nitrogens is 1. The Hall–Kier alpha value is -3.27. The summed E-state index contributed by atoms with van der Waals surface area (Å²) in [5.41, 5.74) is 2.38. The van der Waals surface area contributed by atoms with Gasteiger partial charge in [-0.1, -0.05) is 36.9 Å². The van der Waals surface area contributed by atoms with Gasteiger partial charge in [-0.25, -0.2) is 0 Å². The van der Waals surface area contributed by atoms with Crippen LogP contribution in [0.15, 0.2) is 85.7 Å². The molecule has 2 aromatic carbocycles. The molecule has 2 unspecified atom stereocenters. The molecule has 1 saturated heterocycles. The molecule has 142 valence electrons. The van der Waals surface area contributed by atoms with E-state index in [1.165, 1.54) is 11.6 Å². The van der Waals surface area contributed by atoms with Gasteiger partial charge >= 0.3 is 0 Å². The molecular formula is C24H24N2O2. The van der Waals surface area contributed by atoms with E-state index in [-0.39, 0.29) is 11.9 Å². The van der Waals surface area contributed by atoms with E-state index in [0.717, 1.165) is 29.9 Å². The Morgan fingerprint density at radius 1 is 1.00 bits per heavy atom. The number of ether oxygens (including phenoxy) is 1. The highest BCUT2D eigenvalue weighted by atomic mass is 16.5. The van der Waals surface area contributed by atoms with Gasteiger partial charge in [0.05, 0.1) is 6.04 Å². The lowest BCUT2D eigenvalue weighted by Crippen LogP contribution is -2.40. The quantitative estimate of drug-likeness (QED) is 0.606. The van der Waals surface area contributed by atoms with Gasteiger partial charge in [0, 0.05) is 24.9 Å². The van der Waals surface area contributed by atoms with Crippen molar-refractivity contribution in [1.82, 2.24) is 9.88 Å². The molecule has 1 aliphatic rings. The molecule has 0 aliphatic carbocycles. The van der Waals surface area contributed by atoms with Crippen LogP contribution < -0.4 is 4.74 Å². The van der Waals surface area contributed by atoms with Crippen molar-refractivity contribution in [3.63, 3.8) is 0 Å². The fourth-order valence-electron chi connectivity index (χ4n) is 3.92. The summed E-state index contributed by atoms with van der Waals surface area (Å²) in [5.74, 6) is 1.94. The summed E-state index contributed by atoms with van der Waals surface area (Å²) in [5, 5.41) is 0. The Bertz CT molecular complexity index is 917. The third-order valence-corrected chi connectivity index (χ3v) is 5.38. The average molecular weight is 372 g/mol. The van der Waals surface area contributed by atoms with E-state index < -0.39 is 0 Å². The lowest BCUT2D eigenvalue weighted by Gasteiger charge is -2.39. The number of carbonyl (C=O) groups excluding carboxylic acids is 1. The molecule has 0 bridgehead atoms. The number of aromatic nitrogens is 1. The number of amides is 1. The van der Waals surface area contributed by atoms with E-state index in [4.69, 9.17) is 4.74 Å². The highest BCUT2D eigenvalue weighted by Gasteiger charge is 2.32. The number of hydrogen-bond donors (Lipinski definition) is 1. The summed E-state index contributed by atoms with van der Waals surface area (Å²) in [4.78, 5) is 17.6. The molecule has 4 rings (SSSR count). The SMILES string of the molecule is C=CC(=O)N1CC(c2cc[nH]c2)CCC1c1ccc(Oc2ccccc2)cc1. The van der Waals surface area contributed by atoms with Crippen molar-refractivity contribution < 1.29 is 9.53 Å². The Morgan fingerprint density at radius 2 is 1.75 bits per heavy atom. The van der Waals surface area contributed by atoms with Crippen molar-refractivity contribution in [2.24, 2.45) is 0 Å². The number of aromatic amines is 1. The lowest BCUT2D eigenvalue weighted by molar-refractivity contribution is -0.130. The molecule has 4 heteroatoms. The summed E-state index contributed by atoms with van der Waals surface area (Å²) in [7, 11) is 0. The molecule has 0 spiro atoms. The van der Waals surface area contributed by atoms with Crippen molar-refractivity contribution in [1.29, 1.82) is 0 Å². The average Bonchev–Trinajstić information content (AvgIpc) is 3.29. The Morgan fingerprint density at radius 3 is 2.43 bits per heavy atom. The number of nitrogens with zero attached hydrogens (tertiary/aromatic N) is 1. The fourth-order valence-corrected chi connectivity index (χ4v) is 3.92. The van der Waals surface area contributed by atoms with Crippen molar-refractivity contribution in [3.05, 3.63) is 96.8 Å². The molecule has 1 amide bonds. The van der Waals surface area contributed by atoms with Crippen LogP contribution in [0.2, 0.25) is 0 Å². The van der Waals surface area contributed by atoms with E-state index in [2.05, 4.69) is 29.8 Å². The number of hydrogen-bond acceptors (Lipinski definition) is 2. The van der Waals surface area contributed by atoms with Crippen LogP contribution in [0.4, 0.5) is 0 Å². The van der Waals surface area contributed by atoms with Gasteiger partial charge in [0.15, 0.2) is 0 Å². The standard InChI is InChI=1S/C24H24N2O2/c1-2-24(27)26-17-20(19-14-15-25-16-19)10-13-23(26)18-8-11-22(12-9-18)28-21-6-4-3-5-7-21/h2-9,11-12,14-16,20,23,25H,1,10,13,17H2. The third-order valence-electron chi connectivity index (χ3n) is 5.38. The first kappa shape index (κ1) is 18.1. The first-order valence-electron chi connectivity index (χ1n) is 9.63. The van der Waals surface area contributed by atoms with E-state index in [0.29, 0.717) is 12.5 Å². The van der Waals surface area contributed by atoms with Crippen molar-refractivity contribution in [2.75, 3.05) is 6.54 Å². The maximum atomic E-state index is 12.5. The zero-order chi connectivity index (χ0) is 19.3. The summed E-state index contributed by atoms with van der Waals surface area (Å²) >= 11 is 0. The second kappa shape index (κ2) is 8.17. The number of nitrogens with one attached hydrogen (secondary N) is 1. The van der Waals surface area contributed by atoms with Gasteiger partial charge in [0.2, 0.25) is 5.91 Å². The molecule has 0 radical (unpaired) electrons. The van der Waals surface area contributed by atoms with Crippen LogP contribution in [-0.2, 0) is 4.79 Å². The normalized spacial score (nSPS) is 19.2. The predicted molar refractivity (Wildman–Crippen MR) is 110 cm³/mol. The van der Waals surface area contributed by atoms with Crippen molar-refractivity contribution in [3.8, 4) is 11.5 Å². The molecule has 2 atom stereocenters.